The number of nitrogens with one attached hydrogen (secondary N) is 3. The van der Waals surface area contributed by atoms with E-state index in [1.165, 1.54) is 18.2 Å². The van der Waals surface area contributed by atoms with Crippen LogP contribution in [0.5, 0.6) is 0 Å². The molecule has 0 spiro atoms. The molecule has 2 aromatic rings. The van der Waals surface area contributed by atoms with Crippen molar-refractivity contribution in [2.75, 3.05) is 11.9 Å². The van der Waals surface area contributed by atoms with Gasteiger partial charge in [-0.3, -0.25) is 10.0 Å². The predicted molar refractivity (Wildman–Crippen MR) is 100 cm³/mol. The largest absolute Gasteiger partial charge is 0.374 e. The Kier molecular flexibility index (Phi) is 8.16. The highest BCUT2D eigenvalue weighted by Crippen LogP contribution is 2.16. The zero-order valence-corrected chi connectivity index (χ0v) is 15.3. The molecule has 0 fully saturated rings. The zero-order chi connectivity index (χ0) is 19.6. The third kappa shape index (κ3) is 6.96. The molecule has 2 aromatic carbocycles. The second-order valence-electron chi connectivity index (χ2n) is 6.44. The molecule has 27 heavy (non-hydrogen) atoms. The normalized spacial score (nSPS) is 11.9. The number of carbonyl (C=O) groups excluding carboxylic acids is 1. The fraction of sp³-hybridized carbons (Fsp3) is 0.350. The van der Waals surface area contributed by atoms with E-state index < -0.39 is 11.9 Å². The van der Waals surface area contributed by atoms with Crippen molar-refractivity contribution in [3.05, 3.63) is 65.2 Å². The van der Waals surface area contributed by atoms with Gasteiger partial charge in [0.05, 0.1) is 0 Å². The Bertz CT molecular complexity index is 739. The molecule has 0 aliphatic heterocycles. The summed E-state index contributed by atoms with van der Waals surface area (Å²) in [6.45, 7) is 3.04. The number of rotatable bonds is 10. The minimum atomic E-state index is -0.614. The lowest BCUT2D eigenvalue weighted by molar-refractivity contribution is -0.130. The predicted octanol–water partition coefficient (Wildman–Crippen LogP) is 3.52. The van der Waals surface area contributed by atoms with Crippen LogP contribution in [0.3, 0.4) is 0 Å². The number of halogens is 2. The highest BCUT2D eigenvalue weighted by atomic mass is 19.1. The number of unbranched alkanes of at least 4 members (excludes halogenated alkanes) is 1. The molecule has 1 atom stereocenters. The summed E-state index contributed by atoms with van der Waals surface area (Å²) in [5.41, 5.74) is 3.77. The van der Waals surface area contributed by atoms with E-state index in [2.05, 4.69) is 10.6 Å². The van der Waals surface area contributed by atoms with Gasteiger partial charge in [0, 0.05) is 12.2 Å². The highest BCUT2D eigenvalue weighted by Gasteiger charge is 2.17. The molecule has 146 valence electrons. The Morgan fingerprint density at radius 2 is 1.85 bits per heavy atom. The fourth-order valence-corrected chi connectivity index (χ4v) is 2.72. The number of hydroxylamine groups is 1. The third-order valence-electron chi connectivity index (χ3n) is 4.26. The van der Waals surface area contributed by atoms with Crippen molar-refractivity contribution in [2.24, 2.45) is 0 Å². The van der Waals surface area contributed by atoms with Crippen molar-refractivity contribution in [3.63, 3.8) is 0 Å². The van der Waals surface area contributed by atoms with Gasteiger partial charge in [0.2, 0.25) is 0 Å². The van der Waals surface area contributed by atoms with Gasteiger partial charge in [0.25, 0.3) is 5.91 Å². The van der Waals surface area contributed by atoms with E-state index >= 15 is 0 Å². The molecule has 0 aromatic heterocycles. The molecule has 0 bridgehead atoms. The Hall–Kier alpha value is -2.51. The average Bonchev–Trinajstić information content (AvgIpc) is 2.67. The van der Waals surface area contributed by atoms with Gasteiger partial charge in [-0.1, -0.05) is 12.1 Å². The second kappa shape index (κ2) is 10.6. The summed E-state index contributed by atoms with van der Waals surface area (Å²) in [6.07, 6.45) is 2.10. The molecule has 0 aliphatic carbocycles. The van der Waals surface area contributed by atoms with E-state index in [0.717, 1.165) is 24.9 Å². The summed E-state index contributed by atoms with van der Waals surface area (Å²) in [5.74, 6) is -1.09. The van der Waals surface area contributed by atoms with E-state index in [9.17, 15) is 13.6 Å². The van der Waals surface area contributed by atoms with Gasteiger partial charge >= 0.3 is 0 Å². The summed E-state index contributed by atoms with van der Waals surface area (Å²) in [6, 6.07) is 10.2. The number of anilines is 1. The quantitative estimate of drug-likeness (QED) is 0.290. The van der Waals surface area contributed by atoms with Crippen LogP contribution in [0.25, 0.3) is 0 Å². The van der Waals surface area contributed by atoms with E-state index in [1.54, 1.807) is 36.7 Å². The first kappa shape index (κ1) is 20.8. The molecular weight excluding hydrogens is 352 g/mol. The van der Waals surface area contributed by atoms with E-state index in [4.69, 9.17) is 5.21 Å². The van der Waals surface area contributed by atoms with Crippen LogP contribution >= 0.6 is 0 Å². The number of hydrogen-bond donors (Lipinski definition) is 4. The van der Waals surface area contributed by atoms with E-state index in [-0.39, 0.29) is 11.6 Å². The summed E-state index contributed by atoms with van der Waals surface area (Å²) < 4.78 is 26.2. The van der Waals surface area contributed by atoms with Crippen LogP contribution < -0.4 is 16.1 Å². The molecule has 7 heteroatoms. The molecule has 5 nitrogen and oxygen atoms in total. The van der Waals surface area contributed by atoms with Crippen LogP contribution in [-0.4, -0.2) is 23.7 Å². The lowest BCUT2D eigenvalue weighted by atomic mass is 10.1. The van der Waals surface area contributed by atoms with Crippen molar-refractivity contribution in [2.45, 2.75) is 38.8 Å². The van der Waals surface area contributed by atoms with Crippen LogP contribution in [0.15, 0.2) is 42.5 Å². The SMILES string of the molecule is Cc1cc(N[C@H](CCCCNCc2ccc(F)cc2)C(=O)NO)ccc1F. The van der Waals surface area contributed by atoms with Crippen LogP contribution in [-0.2, 0) is 11.3 Å². The molecule has 2 rings (SSSR count). The van der Waals surface area contributed by atoms with E-state index in [0.29, 0.717) is 24.2 Å². The summed E-state index contributed by atoms with van der Waals surface area (Å²) in [7, 11) is 0. The number of amides is 1. The highest BCUT2D eigenvalue weighted by molar-refractivity contribution is 5.83. The molecule has 0 radical (unpaired) electrons. The Morgan fingerprint density at radius 1 is 1.11 bits per heavy atom. The molecular formula is C20H25F2N3O2. The van der Waals surface area contributed by atoms with E-state index in [1.807, 2.05) is 0 Å². The molecule has 0 saturated carbocycles. The Balaban J connectivity index is 1.74. The maximum atomic E-state index is 13.4. The third-order valence-corrected chi connectivity index (χ3v) is 4.26. The molecule has 0 aliphatic rings. The lowest BCUT2D eigenvalue weighted by Gasteiger charge is -2.18. The van der Waals surface area contributed by atoms with Crippen LogP contribution in [0.1, 0.15) is 30.4 Å². The molecule has 0 heterocycles. The lowest BCUT2D eigenvalue weighted by Crippen LogP contribution is -2.38. The topological polar surface area (TPSA) is 73.4 Å². The van der Waals surface area contributed by atoms with Gasteiger partial charge in [-0.15, -0.1) is 0 Å². The number of carbonyl (C=O) groups is 1. The molecule has 0 unspecified atom stereocenters. The number of hydrogen-bond acceptors (Lipinski definition) is 4. The smallest absolute Gasteiger partial charge is 0.265 e. The van der Waals surface area contributed by atoms with Gasteiger partial charge in [0.15, 0.2) is 0 Å². The maximum Gasteiger partial charge on any atom is 0.265 e. The van der Waals surface area contributed by atoms with Crippen molar-refractivity contribution >= 4 is 11.6 Å². The first-order chi connectivity index (χ1) is 13.0. The summed E-state index contributed by atoms with van der Waals surface area (Å²) in [4.78, 5) is 11.9. The second-order valence-corrected chi connectivity index (χ2v) is 6.44. The maximum absolute atomic E-state index is 13.4. The van der Waals surface area contributed by atoms with Crippen LogP contribution in [0.4, 0.5) is 14.5 Å². The van der Waals surface area contributed by atoms with Crippen molar-refractivity contribution < 1.29 is 18.8 Å². The van der Waals surface area contributed by atoms with Crippen LogP contribution in [0.2, 0.25) is 0 Å². The summed E-state index contributed by atoms with van der Waals surface area (Å²) >= 11 is 0. The Morgan fingerprint density at radius 3 is 2.52 bits per heavy atom. The molecule has 1 amide bonds. The first-order valence-corrected chi connectivity index (χ1v) is 8.91. The zero-order valence-electron chi connectivity index (χ0n) is 15.3. The number of aryl methyl sites for hydroxylation is 1. The van der Waals surface area contributed by atoms with Gasteiger partial charge in [-0.2, -0.15) is 0 Å². The van der Waals surface area contributed by atoms with Crippen molar-refractivity contribution in [1.29, 1.82) is 0 Å². The minimum Gasteiger partial charge on any atom is -0.374 e. The van der Waals surface area contributed by atoms with Gasteiger partial charge in [-0.05, 0) is 74.2 Å². The molecule has 4 N–H and O–H groups in total. The average molecular weight is 377 g/mol. The fourth-order valence-electron chi connectivity index (χ4n) is 2.72. The van der Waals surface area contributed by atoms with Crippen molar-refractivity contribution in [1.82, 2.24) is 10.8 Å². The summed E-state index contributed by atoms with van der Waals surface area (Å²) in [5, 5.41) is 15.2. The van der Waals surface area contributed by atoms with Crippen molar-refractivity contribution in [3.8, 4) is 0 Å². The van der Waals surface area contributed by atoms with Crippen LogP contribution in [0, 0.1) is 18.6 Å². The standard InChI is InChI=1S/C20H25F2N3O2/c1-14-12-17(9-10-18(14)22)24-19(20(26)25-27)4-2-3-11-23-13-15-5-7-16(21)8-6-15/h5-10,12,19,23-24,27H,2-4,11,13H2,1H3,(H,25,26)/t19-/m1/s1. The van der Waals surface area contributed by atoms with Gasteiger partial charge in [-0.25, -0.2) is 14.3 Å². The Labute approximate surface area is 157 Å². The minimum absolute atomic E-state index is 0.254. The van der Waals surface area contributed by atoms with Gasteiger partial charge < -0.3 is 10.6 Å². The monoisotopic (exact) mass is 377 g/mol. The first-order valence-electron chi connectivity index (χ1n) is 8.91. The van der Waals surface area contributed by atoms with Gasteiger partial charge in [0.1, 0.15) is 17.7 Å². The number of benzene rings is 2. The molecule has 0 saturated heterocycles.